The van der Waals surface area contributed by atoms with Crippen LogP contribution < -0.4 is 10.6 Å². The van der Waals surface area contributed by atoms with Crippen LogP contribution in [0.2, 0.25) is 0 Å². The highest BCUT2D eigenvalue weighted by Crippen LogP contribution is 2.18. The molecule has 0 spiro atoms. The predicted octanol–water partition coefficient (Wildman–Crippen LogP) is 3.93. The van der Waals surface area contributed by atoms with Crippen LogP contribution in [0.5, 0.6) is 0 Å². The summed E-state index contributed by atoms with van der Waals surface area (Å²) in [5, 5.41) is 8.41. The average Bonchev–Trinajstić information content (AvgIpc) is 2.85. The van der Waals surface area contributed by atoms with Gasteiger partial charge in [0.1, 0.15) is 5.82 Å². The highest BCUT2D eigenvalue weighted by Gasteiger charge is 2.09. The number of halogens is 1. The average molecular weight is 280 g/mol. The summed E-state index contributed by atoms with van der Waals surface area (Å²) in [6.45, 7) is 2.02. The molecule has 0 aliphatic heterocycles. The van der Waals surface area contributed by atoms with Crippen molar-refractivity contribution in [1.29, 1.82) is 0 Å². The Hall–Kier alpha value is -1.46. The van der Waals surface area contributed by atoms with Crippen LogP contribution in [0.4, 0.5) is 10.1 Å². The lowest BCUT2D eigenvalue weighted by Gasteiger charge is -2.16. The molecule has 94 valence electrons. The Morgan fingerprint density at radius 1 is 1.28 bits per heavy atom. The van der Waals surface area contributed by atoms with Crippen LogP contribution in [0.15, 0.2) is 41.8 Å². The third kappa shape index (κ3) is 3.27. The maximum Gasteiger partial charge on any atom is 0.171 e. The Morgan fingerprint density at radius 2 is 2.06 bits per heavy atom. The van der Waals surface area contributed by atoms with Crippen molar-refractivity contribution in [3.63, 3.8) is 0 Å². The summed E-state index contributed by atoms with van der Waals surface area (Å²) in [5.41, 5.74) is 0.383. The van der Waals surface area contributed by atoms with Crippen LogP contribution in [-0.4, -0.2) is 5.11 Å². The van der Waals surface area contributed by atoms with E-state index in [4.69, 9.17) is 12.2 Å². The number of thiocarbonyl (C=S) groups is 1. The van der Waals surface area contributed by atoms with E-state index in [-0.39, 0.29) is 11.9 Å². The number of hydrogen-bond acceptors (Lipinski definition) is 2. The minimum absolute atomic E-state index is 0.108. The second kappa shape index (κ2) is 5.93. The predicted molar refractivity (Wildman–Crippen MR) is 78.5 cm³/mol. The Morgan fingerprint density at radius 3 is 2.72 bits per heavy atom. The van der Waals surface area contributed by atoms with E-state index in [1.807, 2.05) is 24.4 Å². The molecule has 0 aliphatic carbocycles. The minimum Gasteiger partial charge on any atom is -0.355 e. The zero-order valence-corrected chi connectivity index (χ0v) is 11.4. The van der Waals surface area contributed by atoms with Crippen molar-refractivity contribution in [2.45, 2.75) is 13.0 Å². The van der Waals surface area contributed by atoms with Gasteiger partial charge in [-0.05, 0) is 42.7 Å². The fraction of sp³-hybridized carbons (Fsp3) is 0.154. The molecule has 2 nitrogen and oxygen atoms in total. The summed E-state index contributed by atoms with van der Waals surface area (Å²) in [5.74, 6) is -0.314. The van der Waals surface area contributed by atoms with E-state index in [1.165, 1.54) is 10.9 Å². The van der Waals surface area contributed by atoms with Crippen LogP contribution >= 0.6 is 23.6 Å². The molecule has 0 bridgehead atoms. The number of thiophene rings is 1. The second-order valence-electron chi connectivity index (χ2n) is 3.82. The molecule has 1 aromatic carbocycles. The Labute approximate surface area is 115 Å². The molecule has 18 heavy (non-hydrogen) atoms. The van der Waals surface area contributed by atoms with Gasteiger partial charge in [0, 0.05) is 4.88 Å². The lowest BCUT2D eigenvalue weighted by molar-refractivity contribution is 0.631. The minimum atomic E-state index is -0.314. The first-order valence-electron chi connectivity index (χ1n) is 5.52. The third-order valence-corrected chi connectivity index (χ3v) is 3.71. The molecule has 1 atom stereocenters. The van der Waals surface area contributed by atoms with Gasteiger partial charge in [-0.15, -0.1) is 11.3 Å². The Balaban J connectivity index is 1.95. The van der Waals surface area contributed by atoms with Crippen molar-refractivity contribution in [1.82, 2.24) is 5.32 Å². The first-order chi connectivity index (χ1) is 8.66. The largest absolute Gasteiger partial charge is 0.355 e. The lowest BCUT2D eigenvalue weighted by Crippen LogP contribution is -2.30. The van der Waals surface area contributed by atoms with Gasteiger partial charge in [-0.3, -0.25) is 0 Å². The zero-order valence-electron chi connectivity index (χ0n) is 9.81. The van der Waals surface area contributed by atoms with Gasteiger partial charge in [0.05, 0.1) is 11.7 Å². The molecule has 0 unspecified atom stereocenters. The van der Waals surface area contributed by atoms with Crippen LogP contribution in [0.25, 0.3) is 0 Å². The molecule has 0 amide bonds. The molecular formula is C13H13FN2S2. The molecule has 0 saturated heterocycles. The molecule has 2 aromatic rings. The van der Waals surface area contributed by atoms with Gasteiger partial charge in [-0.1, -0.05) is 18.2 Å². The third-order valence-electron chi connectivity index (χ3n) is 2.44. The van der Waals surface area contributed by atoms with Crippen LogP contribution in [-0.2, 0) is 0 Å². The highest BCUT2D eigenvalue weighted by atomic mass is 32.1. The van der Waals surface area contributed by atoms with Crippen molar-refractivity contribution in [2.24, 2.45) is 0 Å². The molecule has 5 heteroatoms. The van der Waals surface area contributed by atoms with Crippen molar-refractivity contribution in [2.75, 3.05) is 5.32 Å². The number of rotatable bonds is 3. The highest BCUT2D eigenvalue weighted by molar-refractivity contribution is 7.80. The molecule has 0 fully saturated rings. The fourth-order valence-corrected chi connectivity index (χ4v) is 2.55. The van der Waals surface area contributed by atoms with Crippen molar-refractivity contribution in [3.8, 4) is 0 Å². The van der Waals surface area contributed by atoms with E-state index in [1.54, 1.807) is 29.5 Å². The molecule has 2 N–H and O–H groups in total. The van der Waals surface area contributed by atoms with E-state index >= 15 is 0 Å². The maximum absolute atomic E-state index is 13.4. The summed E-state index contributed by atoms with van der Waals surface area (Å²) in [7, 11) is 0. The lowest BCUT2D eigenvalue weighted by atomic mass is 10.3. The second-order valence-corrected chi connectivity index (χ2v) is 5.20. The van der Waals surface area contributed by atoms with Crippen LogP contribution in [0, 0.1) is 5.82 Å². The first-order valence-corrected chi connectivity index (χ1v) is 6.81. The molecule has 0 saturated carbocycles. The van der Waals surface area contributed by atoms with E-state index in [0.29, 0.717) is 10.8 Å². The topological polar surface area (TPSA) is 24.1 Å². The zero-order chi connectivity index (χ0) is 13.0. The molecular weight excluding hydrogens is 267 g/mol. The number of anilines is 1. The van der Waals surface area contributed by atoms with Gasteiger partial charge < -0.3 is 10.6 Å². The number of nitrogens with one attached hydrogen (secondary N) is 2. The molecule has 0 radical (unpaired) electrons. The van der Waals surface area contributed by atoms with Crippen LogP contribution in [0.1, 0.15) is 17.8 Å². The number of hydrogen-bond donors (Lipinski definition) is 2. The summed E-state index contributed by atoms with van der Waals surface area (Å²) in [6, 6.07) is 10.6. The molecule has 1 aromatic heterocycles. The van der Waals surface area contributed by atoms with Gasteiger partial charge in [0.2, 0.25) is 0 Å². The van der Waals surface area contributed by atoms with Gasteiger partial charge in [0.15, 0.2) is 5.11 Å². The van der Waals surface area contributed by atoms with Crippen molar-refractivity contribution in [3.05, 3.63) is 52.5 Å². The van der Waals surface area contributed by atoms with E-state index in [9.17, 15) is 4.39 Å². The molecule has 2 rings (SSSR count). The van der Waals surface area contributed by atoms with Crippen molar-refractivity contribution >= 4 is 34.4 Å². The fourth-order valence-electron chi connectivity index (χ4n) is 1.53. The summed E-state index contributed by atoms with van der Waals surface area (Å²) >= 11 is 6.82. The summed E-state index contributed by atoms with van der Waals surface area (Å²) in [4.78, 5) is 1.19. The number of para-hydroxylation sites is 1. The van der Waals surface area contributed by atoms with E-state index in [0.717, 1.165) is 0 Å². The SMILES string of the molecule is C[C@H](NC(=S)Nc1ccccc1F)c1cccs1. The summed E-state index contributed by atoms with van der Waals surface area (Å²) in [6.07, 6.45) is 0. The van der Waals surface area contributed by atoms with Crippen molar-refractivity contribution < 1.29 is 4.39 Å². The van der Waals surface area contributed by atoms with E-state index in [2.05, 4.69) is 10.6 Å². The first kappa shape index (κ1) is 13.0. The van der Waals surface area contributed by atoms with Gasteiger partial charge in [-0.2, -0.15) is 0 Å². The number of benzene rings is 1. The van der Waals surface area contributed by atoms with Gasteiger partial charge in [-0.25, -0.2) is 4.39 Å². The Bertz CT molecular complexity index is 526. The van der Waals surface area contributed by atoms with Gasteiger partial charge in [0.25, 0.3) is 0 Å². The summed E-state index contributed by atoms with van der Waals surface area (Å²) < 4.78 is 13.4. The molecule has 0 aliphatic rings. The van der Waals surface area contributed by atoms with E-state index < -0.39 is 0 Å². The standard InChI is InChI=1S/C13H13FN2S2/c1-9(12-7-4-8-18-12)15-13(17)16-11-6-3-2-5-10(11)14/h2-9H,1H3,(H2,15,16,17)/t9-/m0/s1. The monoisotopic (exact) mass is 280 g/mol. The van der Waals surface area contributed by atoms with Gasteiger partial charge >= 0.3 is 0 Å². The maximum atomic E-state index is 13.4. The van der Waals surface area contributed by atoms with Crippen LogP contribution in [0.3, 0.4) is 0 Å². The quantitative estimate of drug-likeness (QED) is 0.833. The molecule has 1 heterocycles. The Kier molecular flexibility index (Phi) is 4.28. The smallest absolute Gasteiger partial charge is 0.171 e. The normalized spacial score (nSPS) is 11.9.